The van der Waals surface area contributed by atoms with E-state index in [4.69, 9.17) is 11.5 Å². The number of carboxylic acid groups (broad SMARTS) is 1. The Morgan fingerprint density at radius 2 is 1.38 bits per heavy atom. The zero-order valence-electron chi connectivity index (χ0n) is 41.2. The Morgan fingerprint density at radius 1 is 0.770 bits per heavy atom. The molecule has 1 aliphatic rings. The number of hydrogen-bond acceptors (Lipinski definition) is 15. The van der Waals surface area contributed by atoms with Crippen molar-refractivity contribution in [2.45, 2.75) is 120 Å². The van der Waals surface area contributed by atoms with E-state index in [9.17, 15) is 68.4 Å². The Morgan fingerprint density at radius 3 is 1.99 bits per heavy atom. The second kappa shape index (κ2) is 28.2. The number of nitrogens with zero attached hydrogens (tertiary/aromatic N) is 1. The van der Waals surface area contributed by atoms with Gasteiger partial charge in [-0.15, -0.1) is 0 Å². The van der Waals surface area contributed by atoms with E-state index in [1.807, 2.05) is 6.07 Å². The average molecular weight is 1050 g/mol. The van der Waals surface area contributed by atoms with E-state index in [0.29, 0.717) is 17.5 Å². The monoisotopic (exact) mass is 1050 g/mol. The summed E-state index contributed by atoms with van der Waals surface area (Å²) in [6, 6.07) is 1.68. The second-order valence-corrected chi connectivity index (χ2v) is 18.7. The van der Waals surface area contributed by atoms with Gasteiger partial charge in [0.1, 0.15) is 54.1 Å². The summed E-state index contributed by atoms with van der Waals surface area (Å²) < 4.78 is 0. The van der Waals surface area contributed by atoms with Crippen LogP contribution in [0.4, 0.5) is 0 Å². The predicted molar refractivity (Wildman–Crippen MR) is 269 cm³/mol. The molecule has 0 radical (unpaired) electrons. The highest BCUT2D eigenvalue weighted by molar-refractivity contribution is 7.80. The summed E-state index contributed by atoms with van der Waals surface area (Å²) in [6.07, 6.45) is -0.151. The maximum absolute atomic E-state index is 13.9. The maximum Gasteiger partial charge on any atom is 0.326 e. The number of aromatic nitrogens is 1. The van der Waals surface area contributed by atoms with Crippen molar-refractivity contribution in [2.24, 2.45) is 17.4 Å². The van der Waals surface area contributed by atoms with E-state index in [1.54, 1.807) is 38.2 Å². The van der Waals surface area contributed by atoms with Crippen LogP contribution in [0.2, 0.25) is 0 Å². The number of phenols is 1. The Bertz CT molecular complexity index is 2490. The van der Waals surface area contributed by atoms with E-state index in [-0.39, 0.29) is 56.1 Å². The van der Waals surface area contributed by atoms with E-state index < -0.39 is 133 Å². The number of primary amides is 1. The van der Waals surface area contributed by atoms with Gasteiger partial charge >= 0.3 is 5.97 Å². The van der Waals surface area contributed by atoms with Crippen molar-refractivity contribution in [2.75, 3.05) is 25.4 Å². The van der Waals surface area contributed by atoms with Crippen molar-refractivity contribution in [3.8, 4) is 5.75 Å². The van der Waals surface area contributed by atoms with Gasteiger partial charge in [0.25, 0.3) is 0 Å². The number of aliphatic hydroxyl groups excluding tert-OH is 2. The Hall–Kier alpha value is -7.29. The van der Waals surface area contributed by atoms with E-state index in [1.165, 1.54) is 31.2 Å². The number of fused-ring (bicyclic) bond motifs is 1. The molecule has 25 nitrogen and oxygen atoms in total. The van der Waals surface area contributed by atoms with E-state index in [2.05, 4.69) is 54.8 Å². The van der Waals surface area contributed by atoms with Crippen LogP contribution in [-0.4, -0.2) is 169 Å². The lowest BCUT2D eigenvalue weighted by Gasteiger charge is -2.30. The third-order valence-electron chi connectivity index (χ3n) is 12.1. The minimum atomic E-state index is -1.60. The summed E-state index contributed by atoms with van der Waals surface area (Å²) in [5, 5.41) is 57.7. The number of amides is 9. The molecule has 9 atom stereocenters. The topological polar surface area (TPSA) is 407 Å². The number of nitrogens with two attached hydrogens (primary N) is 2. The zero-order valence-corrected chi connectivity index (χ0v) is 42.1. The largest absolute Gasteiger partial charge is 0.508 e. The molecule has 9 amide bonds. The number of likely N-dealkylation sites (tertiary alicyclic amines) is 1. The number of rotatable bonds is 28. The van der Waals surface area contributed by atoms with Gasteiger partial charge < -0.3 is 79.0 Å². The van der Waals surface area contributed by atoms with Crippen molar-refractivity contribution in [3.05, 3.63) is 65.9 Å². The molecule has 2 heterocycles. The highest BCUT2D eigenvalue weighted by Crippen LogP contribution is 2.21. The molecule has 16 N–H and O–H groups in total. The molecule has 1 saturated heterocycles. The first kappa shape index (κ1) is 59.3. The van der Waals surface area contributed by atoms with Crippen LogP contribution in [0, 0.1) is 5.92 Å². The second-order valence-electron chi connectivity index (χ2n) is 18.4. The first-order chi connectivity index (χ1) is 35.0. The smallest absolute Gasteiger partial charge is 0.326 e. The lowest BCUT2D eigenvalue weighted by molar-refractivity contribution is -0.143. The summed E-state index contributed by atoms with van der Waals surface area (Å²) in [6.45, 7) is 3.15. The summed E-state index contributed by atoms with van der Waals surface area (Å²) >= 11 is 4.18. The SMILES string of the molecule is CC(C)C[C@H](NC(=O)[C@H](Cc1ccc(O)cc1)NC(=O)[C@H](CCC(N)=O)NC(=O)CNC(=O)[C@H](CS)NC(=O)[C@@H]1CCCN1C(=O)[C@H](CO)NC(=O)[C@H](Cc1c[nH]c2ccccc12)NC(=O)[C@@H](N)[C@@H](C)O)C(=O)O. The van der Waals surface area contributed by atoms with Gasteiger partial charge in [-0.2, -0.15) is 12.6 Å². The average Bonchev–Trinajstić information content (AvgIpc) is 4.02. The number of para-hydroxylation sites is 1. The highest BCUT2D eigenvalue weighted by atomic mass is 32.1. The first-order valence-electron chi connectivity index (χ1n) is 23.9. The standard InChI is InChI=1S/C48H67N11O14S/c1-24(2)17-34(48(72)73)56-43(67)32(18-26-10-12-28(62)13-11-26)54-42(66)31(14-15-38(49)63)53-39(64)21-52-41(65)36(23-74)58-45(69)37-9-6-16-59(37)47(71)35(22-60)57-44(68)33(55-46(70)40(50)25(3)61)19-27-20-51-30-8-5-4-7-29(27)30/h4-5,7-8,10-13,20,24-25,31-37,40,51,60-62,74H,6,9,14-19,21-23,50H2,1-3H3,(H2,49,63)(H,52,65)(H,53,64)(H,54,66)(H,55,70)(H,56,67)(H,57,68)(H,58,69)(H,72,73)/t25-,31+,32+,33+,34+,35+,36+,37+,40+/m1/s1. The molecular weight excluding hydrogens is 987 g/mol. The molecule has 404 valence electrons. The lowest BCUT2D eigenvalue weighted by Crippen LogP contribution is -2.60. The van der Waals surface area contributed by atoms with Crippen molar-refractivity contribution in [1.82, 2.24) is 47.1 Å². The molecule has 3 aromatic rings. The van der Waals surface area contributed by atoms with Crippen LogP contribution < -0.4 is 48.7 Å². The fourth-order valence-electron chi connectivity index (χ4n) is 8.05. The normalized spacial score (nSPS) is 16.5. The van der Waals surface area contributed by atoms with Gasteiger partial charge in [0.15, 0.2) is 0 Å². The van der Waals surface area contributed by atoms with Crippen LogP contribution in [0.25, 0.3) is 10.9 Å². The zero-order chi connectivity index (χ0) is 54.8. The third kappa shape index (κ3) is 17.4. The number of H-pyrrole nitrogens is 1. The van der Waals surface area contributed by atoms with Crippen LogP contribution in [0.1, 0.15) is 64.0 Å². The Kier molecular flexibility index (Phi) is 22.6. The summed E-state index contributed by atoms with van der Waals surface area (Å²) in [4.78, 5) is 136. The van der Waals surface area contributed by atoms with Crippen molar-refractivity contribution in [3.63, 3.8) is 0 Å². The molecule has 2 aromatic carbocycles. The molecule has 1 aliphatic heterocycles. The molecule has 4 rings (SSSR count). The number of benzene rings is 2. The molecular formula is C48H67N11O14S. The van der Waals surface area contributed by atoms with Gasteiger partial charge in [-0.1, -0.05) is 44.2 Å². The number of thiol groups is 1. The van der Waals surface area contributed by atoms with E-state index in [0.717, 1.165) is 15.8 Å². The number of hydrogen-bond donors (Lipinski definition) is 15. The lowest BCUT2D eigenvalue weighted by atomic mass is 10.0. The van der Waals surface area contributed by atoms with E-state index >= 15 is 0 Å². The molecule has 0 spiro atoms. The third-order valence-corrected chi connectivity index (χ3v) is 12.5. The van der Waals surface area contributed by atoms with Crippen LogP contribution in [0.5, 0.6) is 5.75 Å². The summed E-state index contributed by atoms with van der Waals surface area (Å²) in [7, 11) is 0. The Labute approximate surface area is 431 Å². The van der Waals surface area contributed by atoms with Crippen LogP contribution in [0.15, 0.2) is 54.7 Å². The highest BCUT2D eigenvalue weighted by Gasteiger charge is 2.40. The van der Waals surface area contributed by atoms with Gasteiger partial charge in [-0.3, -0.25) is 43.2 Å². The number of carboxylic acids is 1. The van der Waals surface area contributed by atoms with Crippen LogP contribution >= 0.6 is 12.6 Å². The summed E-state index contributed by atoms with van der Waals surface area (Å²) in [5.41, 5.74) is 13.0. The number of aromatic amines is 1. The van der Waals surface area contributed by atoms with Gasteiger partial charge in [0.2, 0.25) is 53.2 Å². The van der Waals surface area contributed by atoms with Gasteiger partial charge in [-0.25, -0.2) is 4.79 Å². The number of nitrogens with one attached hydrogen (secondary N) is 8. The van der Waals surface area contributed by atoms with Crippen LogP contribution in [-0.2, 0) is 60.8 Å². The number of phenolic OH excluding ortho intramolecular Hbond substituents is 1. The molecule has 26 heteroatoms. The fraction of sp³-hybridized carbons (Fsp3) is 0.500. The van der Waals surface area contributed by atoms with Crippen molar-refractivity contribution >= 4 is 82.7 Å². The van der Waals surface area contributed by atoms with Crippen molar-refractivity contribution in [1.29, 1.82) is 0 Å². The number of carbonyl (C=O) groups is 10. The molecule has 74 heavy (non-hydrogen) atoms. The van der Waals surface area contributed by atoms with Crippen LogP contribution in [0.3, 0.4) is 0 Å². The summed E-state index contributed by atoms with van der Waals surface area (Å²) in [5.74, 6) is -9.74. The molecule has 0 saturated carbocycles. The minimum absolute atomic E-state index is 0.0215. The number of aliphatic hydroxyl groups is 2. The van der Waals surface area contributed by atoms with Gasteiger partial charge in [0.05, 0.1) is 19.3 Å². The maximum atomic E-state index is 13.9. The minimum Gasteiger partial charge on any atom is -0.508 e. The van der Waals surface area contributed by atoms with Crippen molar-refractivity contribution < 1.29 is 68.4 Å². The number of aromatic hydroxyl groups is 1. The van der Waals surface area contributed by atoms with Gasteiger partial charge in [-0.05, 0) is 67.9 Å². The molecule has 0 aliphatic carbocycles. The quantitative estimate of drug-likeness (QED) is 0.0317. The molecule has 1 fully saturated rings. The molecule has 1 aromatic heterocycles. The first-order valence-corrected chi connectivity index (χ1v) is 24.5. The fourth-order valence-corrected chi connectivity index (χ4v) is 8.30. The predicted octanol–water partition coefficient (Wildman–Crippen LogP) is -3.30. The number of aliphatic carboxylic acids is 1. The molecule has 0 bridgehead atoms. The Balaban J connectivity index is 1.40. The number of carbonyl (C=O) groups excluding carboxylic acids is 9. The molecule has 0 unspecified atom stereocenters. The van der Waals surface area contributed by atoms with Gasteiger partial charge in [0, 0.05) is 48.7 Å².